The van der Waals surface area contributed by atoms with Crippen LogP contribution in [0.5, 0.6) is 0 Å². The van der Waals surface area contributed by atoms with Crippen molar-refractivity contribution in [2.75, 3.05) is 0 Å². The minimum Gasteiger partial charge on any atom is -0.399 e. The minimum absolute atomic E-state index is 0.252. The van der Waals surface area contributed by atoms with Crippen LogP contribution in [0.15, 0.2) is 53.8 Å². The van der Waals surface area contributed by atoms with Crippen molar-refractivity contribution in [2.45, 2.75) is 25.5 Å². The summed E-state index contributed by atoms with van der Waals surface area (Å²) in [4.78, 5) is 12.6. The Morgan fingerprint density at radius 1 is 1.35 bits per heavy atom. The van der Waals surface area contributed by atoms with Crippen LogP contribution in [0.3, 0.4) is 0 Å². The second-order valence-corrected chi connectivity index (χ2v) is 5.30. The van der Waals surface area contributed by atoms with E-state index in [0.29, 0.717) is 11.3 Å². The summed E-state index contributed by atoms with van der Waals surface area (Å²) in [7, 11) is 0. The molecule has 0 aliphatic heterocycles. The van der Waals surface area contributed by atoms with E-state index < -0.39 is 17.4 Å². The Morgan fingerprint density at radius 3 is 2.55 bits per heavy atom. The summed E-state index contributed by atoms with van der Waals surface area (Å²) in [6.07, 6.45) is 2.00. The number of carbonyl (C=O) groups excluding carboxylic acids is 1. The Balaban J connectivity index is 2.32. The molecule has 0 amide bonds. The van der Waals surface area contributed by atoms with Gasteiger partial charge in [0.1, 0.15) is 11.6 Å². The van der Waals surface area contributed by atoms with Crippen molar-refractivity contribution < 1.29 is 9.90 Å². The number of nitrogens with two attached hydrogens (primary N) is 2. The molecule has 1 aliphatic carbocycles. The fraction of sp³-hybridized carbons (Fsp3) is 0.312. The summed E-state index contributed by atoms with van der Waals surface area (Å²) < 4.78 is 0. The van der Waals surface area contributed by atoms with Crippen LogP contribution in [0.4, 0.5) is 0 Å². The van der Waals surface area contributed by atoms with Crippen molar-refractivity contribution in [3.05, 3.63) is 59.3 Å². The van der Waals surface area contributed by atoms with E-state index in [1.165, 1.54) is 0 Å². The highest BCUT2D eigenvalue weighted by Gasteiger charge is 2.43. The van der Waals surface area contributed by atoms with Crippen LogP contribution in [-0.2, 0) is 4.79 Å². The number of aliphatic hydroxyl groups is 1. The summed E-state index contributed by atoms with van der Waals surface area (Å²) in [6.45, 7) is 3.70. The molecule has 3 atom stereocenters. The summed E-state index contributed by atoms with van der Waals surface area (Å²) in [5.74, 6) is -0.669. The van der Waals surface area contributed by atoms with Gasteiger partial charge in [-0.15, -0.1) is 0 Å². The monoisotopic (exact) mass is 272 g/mol. The second-order valence-electron chi connectivity index (χ2n) is 5.30. The Labute approximate surface area is 118 Å². The fourth-order valence-corrected chi connectivity index (χ4v) is 2.43. The number of allylic oxidation sites excluding steroid dienone is 1. The van der Waals surface area contributed by atoms with Crippen LogP contribution in [-0.4, -0.2) is 16.4 Å². The number of ketones is 1. The number of Topliss-reactive ketones (excluding diaryl/α,β-unsaturated/α-hetero) is 1. The largest absolute Gasteiger partial charge is 0.399 e. The van der Waals surface area contributed by atoms with Crippen molar-refractivity contribution in [1.82, 2.24) is 0 Å². The third-order valence-corrected chi connectivity index (χ3v) is 4.15. The summed E-state index contributed by atoms with van der Waals surface area (Å²) in [5.41, 5.74) is 12.9. The number of carbonyl (C=O) groups is 1. The standard InChI is InChI=1S/C16H20N2O2/c1-10-11(2)16(18,9-8-13(10)17)15(20)14(19)12-6-4-3-5-7-12/h3-9,11,14,19H,17-18H2,1-2H3. The van der Waals surface area contributed by atoms with E-state index in [-0.39, 0.29) is 5.92 Å². The second kappa shape index (κ2) is 5.23. The fourth-order valence-electron chi connectivity index (χ4n) is 2.43. The van der Waals surface area contributed by atoms with Gasteiger partial charge in [0.2, 0.25) is 0 Å². The van der Waals surface area contributed by atoms with Crippen LogP contribution >= 0.6 is 0 Å². The molecule has 1 aromatic rings. The lowest BCUT2D eigenvalue weighted by atomic mass is 9.72. The maximum atomic E-state index is 12.6. The Hall–Kier alpha value is -1.91. The number of aliphatic hydroxyl groups excluding tert-OH is 1. The molecule has 0 spiro atoms. The van der Waals surface area contributed by atoms with E-state index in [9.17, 15) is 9.90 Å². The number of rotatable bonds is 3. The zero-order valence-electron chi connectivity index (χ0n) is 11.7. The lowest BCUT2D eigenvalue weighted by Gasteiger charge is -2.36. The van der Waals surface area contributed by atoms with Crippen molar-refractivity contribution in [3.8, 4) is 0 Å². The average molecular weight is 272 g/mol. The van der Waals surface area contributed by atoms with Gasteiger partial charge in [0.15, 0.2) is 5.78 Å². The first-order valence-corrected chi connectivity index (χ1v) is 6.59. The zero-order valence-corrected chi connectivity index (χ0v) is 11.7. The predicted octanol–water partition coefficient (Wildman–Crippen LogP) is 1.43. The first-order valence-electron chi connectivity index (χ1n) is 6.59. The Kier molecular flexibility index (Phi) is 3.79. The summed E-state index contributed by atoms with van der Waals surface area (Å²) in [6, 6.07) is 8.80. The quantitative estimate of drug-likeness (QED) is 0.776. The van der Waals surface area contributed by atoms with E-state index in [1.807, 2.05) is 19.9 Å². The minimum atomic E-state index is -1.24. The van der Waals surface area contributed by atoms with Crippen LogP contribution in [0.2, 0.25) is 0 Å². The molecular formula is C16H20N2O2. The molecule has 106 valence electrons. The van der Waals surface area contributed by atoms with Crippen molar-refractivity contribution in [2.24, 2.45) is 17.4 Å². The average Bonchev–Trinajstić information content (AvgIpc) is 2.48. The SMILES string of the molecule is CC1=C(N)C=CC(N)(C(=O)C(O)c2ccccc2)C1C. The summed E-state index contributed by atoms with van der Waals surface area (Å²) in [5, 5.41) is 10.3. The smallest absolute Gasteiger partial charge is 0.190 e. The highest BCUT2D eigenvalue weighted by molar-refractivity contribution is 5.95. The molecule has 1 aromatic carbocycles. The molecule has 2 rings (SSSR count). The van der Waals surface area contributed by atoms with E-state index in [1.54, 1.807) is 36.4 Å². The van der Waals surface area contributed by atoms with E-state index in [2.05, 4.69) is 0 Å². The van der Waals surface area contributed by atoms with Crippen LogP contribution in [0.1, 0.15) is 25.5 Å². The highest BCUT2D eigenvalue weighted by Crippen LogP contribution is 2.33. The molecule has 4 nitrogen and oxygen atoms in total. The van der Waals surface area contributed by atoms with Crippen molar-refractivity contribution >= 4 is 5.78 Å². The predicted molar refractivity (Wildman–Crippen MR) is 78.5 cm³/mol. The molecular weight excluding hydrogens is 252 g/mol. The molecule has 0 heterocycles. The topological polar surface area (TPSA) is 89.3 Å². The maximum absolute atomic E-state index is 12.6. The molecule has 3 unspecified atom stereocenters. The van der Waals surface area contributed by atoms with Crippen LogP contribution in [0, 0.1) is 5.92 Å². The molecule has 0 aromatic heterocycles. The molecule has 0 fully saturated rings. The third-order valence-electron chi connectivity index (χ3n) is 4.15. The molecule has 0 saturated carbocycles. The summed E-state index contributed by atoms with van der Waals surface area (Å²) >= 11 is 0. The van der Waals surface area contributed by atoms with Gasteiger partial charge in [-0.1, -0.05) is 43.3 Å². The van der Waals surface area contributed by atoms with Crippen molar-refractivity contribution in [1.29, 1.82) is 0 Å². The first kappa shape index (κ1) is 14.5. The van der Waals surface area contributed by atoms with E-state index >= 15 is 0 Å². The molecule has 0 saturated heterocycles. The first-order chi connectivity index (χ1) is 9.38. The molecule has 0 bridgehead atoms. The number of hydrogen-bond donors (Lipinski definition) is 3. The molecule has 5 N–H and O–H groups in total. The van der Waals surface area contributed by atoms with Gasteiger partial charge in [0.05, 0.1) is 0 Å². The highest BCUT2D eigenvalue weighted by atomic mass is 16.3. The third kappa shape index (κ3) is 2.28. The van der Waals surface area contributed by atoms with Gasteiger partial charge >= 0.3 is 0 Å². The molecule has 20 heavy (non-hydrogen) atoms. The molecule has 1 aliphatic rings. The van der Waals surface area contributed by atoms with Gasteiger partial charge in [-0.3, -0.25) is 4.79 Å². The Morgan fingerprint density at radius 2 is 1.95 bits per heavy atom. The van der Waals surface area contributed by atoms with E-state index in [0.717, 1.165) is 5.57 Å². The normalized spacial score (nSPS) is 27.5. The number of hydrogen-bond acceptors (Lipinski definition) is 4. The van der Waals surface area contributed by atoms with Gasteiger partial charge < -0.3 is 16.6 Å². The number of benzene rings is 1. The lowest BCUT2D eigenvalue weighted by molar-refractivity contribution is -0.132. The Bertz CT molecular complexity index is 577. The zero-order chi connectivity index (χ0) is 14.9. The van der Waals surface area contributed by atoms with Gasteiger partial charge in [-0.25, -0.2) is 0 Å². The maximum Gasteiger partial charge on any atom is 0.190 e. The van der Waals surface area contributed by atoms with Gasteiger partial charge in [-0.2, -0.15) is 0 Å². The van der Waals surface area contributed by atoms with Crippen LogP contribution in [0.25, 0.3) is 0 Å². The van der Waals surface area contributed by atoms with E-state index in [4.69, 9.17) is 11.5 Å². The van der Waals surface area contributed by atoms with Crippen molar-refractivity contribution in [3.63, 3.8) is 0 Å². The van der Waals surface area contributed by atoms with Gasteiger partial charge in [0, 0.05) is 11.6 Å². The van der Waals surface area contributed by atoms with Gasteiger partial charge in [0.25, 0.3) is 0 Å². The molecule has 4 heteroatoms. The molecule has 0 radical (unpaired) electrons. The van der Waals surface area contributed by atoms with Crippen LogP contribution < -0.4 is 11.5 Å². The lowest BCUT2D eigenvalue weighted by Crippen LogP contribution is -2.55. The van der Waals surface area contributed by atoms with Gasteiger partial charge in [-0.05, 0) is 24.1 Å².